The standard InChI is InChI=1S/C22H27N3O4S/c1-14(2)12-28-18-11-6-5-10-17(18)21(27)23-22(30)25-24-19(26)13-29-20-15(3)8-7-9-16(20)4/h5-11,14H,12-13H2,1-4H3,(H,24,26)(H2,23,25,27,30). The third-order valence-corrected chi connectivity index (χ3v) is 4.21. The highest BCUT2D eigenvalue weighted by Gasteiger charge is 2.14. The number of hydrogen-bond acceptors (Lipinski definition) is 5. The van der Waals surface area contributed by atoms with Gasteiger partial charge in [0.1, 0.15) is 11.5 Å². The van der Waals surface area contributed by atoms with E-state index in [4.69, 9.17) is 21.7 Å². The van der Waals surface area contributed by atoms with Crippen molar-refractivity contribution in [2.75, 3.05) is 13.2 Å². The largest absolute Gasteiger partial charge is 0.492 e. The molecule has 160 valence electrons. The number of carbonyl (C=O) groups excluding carboxylic acids is 2. The molecule has 0 spiro atoms. The zero-order chi connectivity index (χ0) is 22.1. The highest BCUT2D eigenvalue weighted by molar-refractivity contribution is 7.80. The van der Waals surface area contributed by atoms with Crippen molar-refractivity contribution in [2.45, 2.75) is 27.7 Å². The second kappa shape index (κ2) is 11.2. The average Bonchev–Trinajstić information content (AvgIpc) is 2.70. The highest BCUT2D eigenvalue weighted by atomic mass is 32.1. The van der Waals surface area contributed by atoms with Gasteiger partial charge in [-0.3, -0.25) is 25.8 Å². The fourth-order valence-electron chi connectivity index (χ4n) is 2.57. The predicted molar refractivity (Wildman–Crippen MR) is 120 cm³/mol. The van der Waals surface area contributed by atoms with Crippen molar-refractivity contribution < 1.29 is 19.1 Å². The molecule has 30 heavy (non-hydrogen) atoms. The SMILES string of the molecule is Cc1cccc(C)c1OCC(=O)NNC(=S)NC(=O)c1ccccc1OCC(C)C. The molecule has 2 aromatic rings. The van der Waals surface area contributed by atoms with E-state index in [0.29, 0.717) is 29.6 Å². The van der Waals surface area contributed by atoms with Crippen LogP contribution in [0.2, 0.25) is 0 Å². The Kier molecular flexibility index (Phi) is 8.61. The van der Waals surface area contributed by atoms with Crippen LogP contribution in [0.4, 0.5) is 0 Å². The summed E-state index contributed by atoms with van der Waals surface area (Å²) < 4.78 is 11.3. The molecule has 2 rings (SSSR count). The van der Waals surface area contributed by atoms with Crippen LogP contribution in [0.15, 0.2) is 42.5 Å². The van der Waals surface area contributed by atoms with Gasteiger partial charge in [0.2, 0.25) is 0 Å². The zero-order valence-electron chi connectivity index (χ0n) is 17.6. The average molecular weight is 430 g/mol. The molecule has 3 N–H and O–H groups in total. The van der Waals surface area contributed by atoms with Gasteiger partial charge in [0, 0.05) is 0 Å². The number of para-hydroxylation sites is 2. The molecule has 0 aliphatic carbocycles. The number of nitrogens with one attached hydrogen (secondary N) is 3. The number of aryl methyl sites for hydroxylation is 2. The van der Waals surface area contributed by atoms with Gasteiger partial charge in [0.25, 0.3) is 11.8 Å². The van der Waals surface area contributed by atoms with E-state index in [1.165, 1.54) is 0 Å². The lowest BCUT2D eigenvalue weighted by Gasteiger charge is -2.15. The number of amides is 2. The topological polar surface area (TPSA) is 88.7 Å². The van der Waals surface area contributed by atoms with Crippen molar-refractivity contribution in [1.29, 1.82) is 0 Å². The number of benzene rings is 2. The Labute approximate surface area is 182 Å². The molecule has 0 saturated heterocycles. The molecule has 2 amide bonds. The van der Waals surface area contributed by atoms with Crippen LogP contribution in [-0.2, 0) is 4.79 Å². The Balaban J connectivity index is 1.83. The third-order valence-electron chi connectivity index (χ3n) is 4.00. The summed E-state index contributed by atoms with van der Waals surface area (Å²) >= 11 is 5.08. The maximum atomic E-state index is 12.5. The van der Waals surface area contributed by atoms with Crippen LogP contribution in [0, 0.1) is 19.8 Å². The second-order valence-corrected chi connectivity index (χ2v) is 7.58. The molecule has 0 radical (unpaired) electrons. The minimum Gasteiger partial charge on any atom is -0.492 e. The lowest BCUT2D eigenvalue weighted by molar-refractivity contribution is -0.123. The third kappa shape index (κ3) is 7.04. The van der Waals surface area contributed by atoms with E-state index in [1.54, 1.807) is 24.3 Å². The van der Waals surface area contributed by atoms with Gasteiger partial charge in [0.15, 0.2) is 11.7 Å². The fourth-order valence-corrected chi connectivity index (χ4v) is 2.71. The van der Waals surface area contributed by atoms with Crippen molar-refractivity contribution in [3.05, 3.63) is 59.2 Å². The maximum absolute atomic E-state index is 12.5. The Hall–Kier alpha value is -3.13. The number of thiocarbonyl (C=S) groups is 1. The Morgan fingerprint density at radius 1 is 0.967 bits per heavy atom. The first kappa shape index (κ1) is 23.2. The number of ether oxygens (including phenoxy) is 2. The van der Waals surface area contributed by atoms with E-state index in [2.05, 4.69) is 16.2 Å². The molecule has 0 fully saturated rings. The van der Waals surface area contributed by atoms with Crippen molar-refractivity contribution in [3.8, 4) is 11.5 Å². The van der Waals surface area contributed by atoms with E-state index < -0.39 is 11.8 Å². The van der Waals surface area contributed by atoms with Gasteiger partial charge in [-0.05, 0) is 55.2 Å². The van der Waals surface area contributed by atoms with Crippen LogP contribution in [0.25, 0.3) is 0 Å². The van der Waals surface area contributed by atoms with Crippen LogP contribution in [0.1, 0.15) is 35.3 Å². The monoisotopic (exact) mass is 429 g/mol. The van der Waals surface area contributed by atoms with Crippen LogP contribution in [0.3, 0.4) is 0 Å². The van der Waals surface area contributed by atoms with E-state index in [0.717, 1.165) is 11.1 Å². The zero-order valence-corrected chi connectivity index (χ0v) is 18.4. The molecular formula is C22H27N3O4S. The predicted octanol–water partition coefficient (Wildman–Crippen LogP) is 3.05. The Morgan fingerprint density at radius 3 is 2.30 bits per heavy atom. The first-order valence-corrected chi connectivity index (χ1v) is 9.99. The van der Waals surface area contributed by atoms with Gasteiger partial charge in [0.05, 0.1) is 12.2 Å². The number of carbonyl (C=O) groups is 2. The molecule has 8 heteroatoms. The molecule has 0 aliphatic rings. The quantitative estimate of drug-likeness (QED) is 0.463. The van der Waals surface area contributed by atoms with E-state index in [-0.39, 0.29) is 11.7 Å². The number of hydrazine groups is 1. The van der Waals surface area contributed by atoms with E-state index in [1.807, 2.05) is 45.9 Å². The molecule has 0 atom stereocenters. The van der Waals surface area contributed by atoms with Crippen LogP contribution >= 0.6 is 12.2 Å². The first-order chi connectivity index (χ1) is 14.3. The summed E-state index contributed by atoms with van der Waals surface area (Å²) in [5, 5.41) is 2.47. The summed E-state index contributed by atoms with van der Waals surface area (Å²) in [6, 6.07) is 12.6. The Bertz CT molecular complexity index is 895. The lowest BCUT2D eigenvalue weighted by Crippen LogP contribution is -2.49. The van der Waals surface area contributed by atoms with Crippen LogP contribution in [0.5, 0.6) is 11.5 Å². The first-order valence-electron chi connectivity index (χ1n) is 9.59. The molecule has 0 heterocycles. The number of rotatable bonds is 7. The fraction of sp³-hybridized carbons (Fsp3) is 0.318. The number of hydrogen-bond donors (Lipinski definition) is 3. The molecule has 0 unspecified atom stereocenters. The molecule has 0 saturated carbocycles. The lowest BCUT2D eigenvalue weighted by atomic mass is 10.1. The van der Waals surface area contributed by atoms with Crippen molar-refractivity contribution in [1.82, 2.24) is 16.2 Å². The van der Waals surface area contributed by atoms with Crippen molar-refractivity contribution in [2.24, 2.45) is 5.92 Å². The molecular weight excluding hydrogens is 402 g/mol. The summed E-state index contributed by atoms with van der Waals surface area (Å²) in [6.45, 7) is 8.16. The Morgan fingerprint density at radius 2 is 1.63 bits per heavy atom. The van der Waals surface area contributed by atoms with Gasteiger partial charge < -0.3 is 9.47 Å². The van der Waals surface area contributed by atoms with Crippen LogP contribution < -0.4 is 25.6 Å². The van der Waals surface area contributed by atoms with Gasteiger partial charge in [-0.2, -0.15) is 0 Å². The molecule has 7 nitrogen and oxygen atoms in total. The highest BCUT2D eigenvalue weighted by Crippen LogP contribution is 2.22. The molecule has 0 bridgehead atoms. The minimum absolute atomic E-state index is 0.0425. The summed E-state index contributed by atoms with van der Waals surface area (Å²) in [4.78, 5) is 24.5. The minimum atomic E-state index is -0.437. The molecule has 0 aromatic heterocycles. The summed E-state index contributed by atoms with van der Waals surface area (Å²) in [5.41, 5.74) is 7.14. The summed E-state index contributed by atoms with van der Waals surface area (Å²) in [6.07, 6.45) is 0. The van der Waals surface area contributed by atoms with Crippen LogP contribution in [-0.4, -0.2) is 30.1 Å². The van der Waals surface area contributed by atoms with Gasteiger partial charge in [-0.25, -0.2) is 0 Å². The van der Waals surface area contributed by atoms with Crippen molar-refractivity contribution >= 4 is 29.1 Å². The normalized spacial score (nSPS) is 10.3. The summed E-state index contributed by atoms with van der Waals surface area (Å²) in [7, 11) is 0. The van der Waals surface area contributed by atoms with Gasteiger partial charge >= 0.3 is 0 Å². The maximum Gasteiger partial charge on any atom is 0.276 e. The second-order valence-electron chi connectivity index (χ2n) is 7.17. The molecule has 0 aliphatic heterocycles. The van der Waals surface area contributed by atoms with E-state index in [9.17, 15) is 9.59 Å². The smallest absolute Gasteiger partial charge is 0.276 e. The van der Waals surface area contributed by atoms with Gasteiger partial charge in [-0.15, -0.1) is 0 Å². The summed E-state index contributed by atoms with van der Waals surface area (Å²) in [5.74, 6) is 0.589. The van der Waals surface area contributed by atoms with Gasteiger partial charge in [-0.1, -0.05) is 44.2 Å². The van der Waals surface area contributed by atoms with E-state index >= 15 is 0 Å². The molecule has 2 aromatic carbocycles. The van der Waals surface area contributed by atoms with Crippen molar-refractivity contribution in [3.63, 3.8) is 0 Å².